The zero-order valence-corrected chi connectivity index (χ0v) is 8.14. The lowest BCUT2D eigenvalue weighted by Gasteiger charge is -1.97. The number of esters is 1. The van der Waals surface area contributed by atoms with Crippen molar-refractivity contribution in [2.75, 3.05) is 7.11 Å². The van der Waals surface area contributed by atoms with Crippen molar-refractivity contribution in [1.82, 2.24) is 4.40 Å². The van der Waals surface area contributed by atoms with Crippen molar-refractivity contribution >= 4 is 17.8 Å². The van der Waals surface area contributed by atoms with Gasteiger partial charge in [-0.3, -0.25) is 4.79 Å². The molecule has 15 heavy (non-hydrogen) atoms. The zero-order valence-electron chi connectivity index (χ0n) is 8.14. The van der Waals surface area contributed by atoms with Gasteiger partial charge in [-0.15, -0.1) is 0 Å². The van der Waals surface area contributed by atoms with Gasteiger partial charge in [0.15, 0.2) is 6.29 Å². The summed E-state index contributed by atoms with van der Waals surface area (Å²) in [5, 5.41) is 0. The Morgan fingerprint density at radius 3 is 2.93 bits per heavy atom. The molecular weight excluding hydrogens is 194 g/mol. The van der Waals surface area contributed by atoms with Crippen LogP contribution in [0.4, 0.5) is 0 Å². The van der Waals surface area contributed by atoms with Crippen LogP contribution in [0, 0.1) is 0 Å². The van der Waals surface area contributed by atoms with E-state index in [1.807, 2.05) is 0 Å². The van der Waals surface area contributed by atoms with Crippen LogP contribution in [0.2, 0.25) is 0 Å². The maximum atomic E-state index is 11.4. The number of carbonyl (C=O) groups excluding carboxylic acids is 2. The molecule has 2 aromatic heterocycles. The Balaban J connectivity index is 2.75. The summed E-state index contributed by atoms with van der Waals surface area (Å²) in [5.74, 6) is -0.438. The van der Waals surface area contributed by atoms with Gasteiger partial charge in [-0.2, -0.15) is 0 Å². The average molecular weight is 203 g/mol. The molecule has 2 heterocycles. The number of hydrogen-bond donors (Lipinski definition) is 0. The lowest BCUT2D eigenvalue weighted by atomic mass is 10.2. The van der Waals surface area contributed by atoms with Gasteiger partial charge in [0.2, 0.25) is 0 Å². The van der Waals surface area contributed by atoms with Crippen molar-refractivity contribution in [3.63, 3.8) is 0 Å². The van der Waals surface area contributed by atoms with Gasteiger partial charge in [0.25, 0.3) is 0 Å². The Labute approximate surface area is 86.1 Å². The molecule has 0 saturated carbocycles. The number of fused-ring (bicyclic) bond motifs is 1. The fourth-order valence-corrected chi connectivity index (χ4v) is 1.54. The van der Waals surface area contributed by atoms with Crippen LogP contribution < -0.4 is 0 Å². The molecule has 0 aliphatic carbocycles. The van der Waals surface area contributed by atoms with Crippen molar-refractivity contribution < 1.29 is 14.3 Å². The van der Waals surface area contributed by atoms with Crippen LogP contribution in [0.3, 0.4) is 0 Å². The van der Waals surface area contributed by atoms with Gasteiger partial charge >= 0.3 is 5.97 Å². The number of methoxy groups -OCH3 is 1. The van der Waals surface area contributed by atoms with Crippen molar-refractivity contribution in [3.05, 3.63) is 41.7 Å². The molecule has 4 heteroatoms. The van der Waals surface area contributed by atoms with Gasteiger partial charge in [-0.25, -0.2) is 4.79 Å². The number of hydrogen-bond acceptors (Lipinski definition) is 3. The Morgan fingerprint density at radius 1 is 1.47 bits per heavy atom. The van der Waals surface area contributed by atoms with Crippen LogP contribution >= 0.6 is 0 Å². The van der Waals surface area contributed by atoms with Crippen molar-refractivity contribution in [2.45, 2.75) is 0 Å². The third-order valence-corrected chi connectivity index (χ3v) is 2.23. The molecule has 76 valence electrons. The lowest BCUT2D eigenvalue weighted by molar-refractivity contribution is 0.0603. The SMILES string of the molecule is COC(=O)c1cc(C=O)n2ccccc12. The van der Waals surface area contributed by atoms with Crippen LogP contribution in [0.25, 0.3) is 5.52 Å². The molecule has 0 amide bonds. The molecule has 0 aliphatic heterocycles. The summed E-state index contributed by atoms with van der Waals surface area (Å²) in [4.78, 5) is 22.2. The Hall–Kier alpha value is -2.10. The van der Waals surface area contributed by atoms with Crippen LogP contribution in [0.5, 0.6) is 0 Å². The fourth-order valence-electron chi connectivity index (χ4n) is 1.54. The van der Waals surface area contributed by atoms with Crippen molar-refractivity contribution in [3.8, 4) is 0 Å². The first-order valence-corrected chi connectivity index (χ1v) is 4.41. The zero-order chi connectivity index (χ0) is 10.8. The molecule has 2 aromatic rings. The van der Waals surface area contributed by atoms with E-state index in [2.05, 4.69) is 4.74 Å². The maximum Gasteiger partial charge on any atom is 0.340 e. The maximum absolute atomic E-state index is 11.4. The fraction of sp³-hybridized carbons (Fsp3) is 0.0909. The largest absolute Gasteiger partial charge is 0.465 e. The van der Waals surface area contributed by atoms with Gasteiger partial charge in [-0.1, -0.05) is 6.07 Å². The third kappa shape index (κ3) is 1.40. The summed E-state index contributed by atoms with van der Waals surface area (Å²) in [6.45, 7) is 0. The Morgan fingerprint density at radius 2 is 2.27 bits per heavy atom. The van der Waals surface area contributed by atoms with E-state index in [-0.39, 0.29) is 0 Å². The van der Waals surface area contributed by atoms with Crippen molar-refractivity contribution in [1.29, 1.82) is 0 Å². The topological polar surface area (TPSA) is 47.8 Å². The average Bonchev–Trinajstić information content (AvgIpc) is 2.67. The van der Waals surface area contributed by atoms with E-state index in [0.717, 1.165) is 0 Å². The van der Waals surface area contributed by atoms with Crippen LogP contribution in [-0.4, -0.2) is 23.8 Å². The summed E-state index contributed by atoms with van der Waals surface area (Å²) in [5.41, 5.74) is 1.51. The number of carbonyl (C=O) groups is 2. The number of aldehydes is 1. The minimum absolute atomic E-state index is 0.403. The monoisotopic (exact) mass is 203 g/mol. The molecule has 0 aromatic carbocycles. The summed E-state index contributed by atoms with van der Waals surface area (Å²) >= 11 is 0. The number of ether oxygens (including phenoxy) is 1. The predicted octanol–water partition coefficient (Wildman–Crippen LogP) is 1.54. The van der Waals surface area contributed by atoms with Gasteiger partial charge < -0.3 is 9.14 Å². The van der Waals surface area contributed by atoms with E-state index in [4.69, 9.17) is 0 Å². The second-order valence-corrected chi connectivity index (χ2v) is 3.05. The molecule has 0 atom stereocenters. The summed E-state index contributed by atoms with van der Waals surface area (Å²) in [7, 11) is 1.31. The van der Waals surface area contributed by atoms with Crippen LogP contribution in [0.1, 0.15) is 20.8 Å². The van der Waals surface area contributed by atoms with Crippen molar-refractivity contribution in [2.24, 2.45) is 0 Å². The number of rotatable bonds is 2. The second kappa shape index (κ2) is 3.57. The molecule has 0 aliphatic rings. The molecule has 0 unspecified atom stereocenters. The number of pyridine rings is 1. The summed E-state index contributed by atoms with van der Waals surface area (Å²) < 4.78 is 6.29. The van der Waals surface area contributed by atoms with E-state index >= 15 is 0 Å². The smallest absolute Gasteiger partial charge is 0.340 e. The number of aromatic nitrogens is 1. The van der Waals surface area contributed by atoms with Crippen LogP contribution in [-0.2, 0) is 4.74 Å². The Bertz CT molecular complexity index is 528. The first-order chi connectivity index (χ1) is 7.27. The quantitative estimate of drug-likeness (QED) is 0.549. The molecule has 0 spiro atoms. The highest BCUT2D eigenvalue weighted by Gasteiger charge is 2.14. The van der Waals surface area contributed by atoms with E-state index < -0.39 is 5.97 Å². The molecule has 0 bridgehead atoms. The summed E-state index contributed by atoms with van der Waals surface area (Å²) in [6, 6.07) is 6.88. The first kappa shape index (κ1) is 9.45. The molecule has 4 nitrogen and oxygen atoms in total. The van der Waals surface area contributed by atoms with Gasteiger partial charge in [-0.05, 0) is 18.2 Å². The standard InChI is InChI=1S/C11H9NO3/c1-15-11(14)9-6-8(7-13)12-5-3-2-4-10(9)12/h2-7H,1H3. The van der Waals surface area contributed by atoms with Crippen LogP contribution in [0.15, 0.2) is 30.5 Å². The van der Waals surface area contributed by atoms with E-state index in [1.165, 1.54) is 13.2 Å². The molecule has 0 saturated heterocycles. The summed E-state index contributed by atoms with van der Waals surface area (Å²) in [6.07, 6.45) is 2.44. The van der Waals surface area contributed by atoms with Gasteiger partial charge in [0.05, 0.1) is 23.9 Å². The highest BCUT2D eigenvalue weighted by Crippen LogP contribution is 2.16. The highest BCUT2D eigenvalue weighted by molar-refractivity contribution is 5.99. The lowest BCUT2D eigenvalue weighted by Crippen LogP contribution is -1.99. The van der Waals surface area contributed by atoms with E-state index in [1.54, 1.807) is 28.8 Å². The molecule has 0 radical (unpaired) electrons. The highest BCUT2D eigenvalue weighted by atomic mass is 16.5. The predicted molar refractivity (Wildman–Crippen MR) is 54.1 cm³/mol. The second-order valence-electron chi connectivity index (χ2n) is 3.05. The number of nitrogens with zero attached hydrogens (tertiary/aromatic N) is 1. The van der Waals surface area contributed by atoms with E-state index in [0.29, 0.717) is 23.1 Å². The van der Waals surface area contributed by atoms with Gasteiger partial charge in [0, 0.05) is 6.20 Å². The van der Waals surface area contributed by atoms with Gasteiger partial charge in [0.1, 0.15) is 0 Å². The normalized spacial score (nSPS) is 10.2. The first-order valence-electron chi connectivity index (χ1n) is 4.41. The van der Waals surface area contributed by atoms with E-state index in [9.17, 15) is 9.59 Å². The third-order valence-electron chi connectivity index (χ3n) is 2.23. The Kier molecular flexibility index (Phi) is 2.25. The minimum Gasteiger partial charge on any atom is -0.465 e. The molecule has 2 rings (SSSR count). The minimum atomic E-state index is -0.438. The molecular formula is C11H9NO3. The molecule has 0 fully saturated rings. The molecule has 0 N–H and O–H groups in total.